The van der Waals surface area contributed by atoms with Crippen molar-refractivity contribution in [2.45, 2.75) is 26.7 Å². The van der Waals surface area contributed by atoms with Crippen LogP contribution < -0.4 is 15.4 Å². The molecular formula is C24H31IN4O2. The molecule has 0 aliphatic rings. The van der Waals surface area contributed by atoms with E-state index in [2.05, 4.69) is 52.7 Å². The predicted octanol–water partition coefficient (Wildman–Crippen LogP) is 4.62. The molecule has 166 valence electrons. The van der Waals surface area contributed by atoms with Crippen LogP contribution in [0, 0.1) is 6.92 Å². The van der Waals surface area contributed by atoms with E-state index >= 15 is 0 Å². The number of oxazole rings is 1. The second-order valence-electron chi connectivity index (χ2n) is 7.01. The Morgan fingerprint density at radius 2 is 1.84 bits per heavy atom. The van der Waals surface area contributed by atoms with Crippen molar-refractivity contribution >= 4 is 29.9 Å². The Kier molecular flexibility index (Phi) is 10.4. The van der Waals surface area contributed by atoms with Crippen molar-refractivity contribution in [2.24, 2.45) is 4.99 Å². The third kappa shape index (κ3) is 7.57. The van der Waals surface area contributed by atoms with Crippen LogP contribution in [0.2, 0.25) is 0 Å². The van der Waals surface area contributed by atoms with Gasteiger partial charge < -0.3 is 19.8 Å². The van der Waals surface area contributed by atoms with Gasteiger partial charge >= 0.3 is 0 Å². The number of halogens is 1. The normalized spacial score (nSPS) is 11.0. The minimum absolute atomic E-state index is 0. The zero-order valence-corrected chi connectivity index (χ0v) is 20.7. The molecule has 0 saturated carbocycles. The van der Waals surface area contributed by atoms with Crippen LogP contribution in [0.3, 0.4) is 0 Å². The van der Waals surface area contributed by atoms with E-state index in [0.29, 0.717) is 12.4 Å². The molecule has 31 heavy (non-hydrogen) atoms. The number of aliphatic imine (C=N–C) groups is 1. The Balaban J connectivity index is 0.00000341. The second-order valence-corrected chi connectivity index (χ2v) is 7.01. The molecule has 0 aliphatic heterocycles. The largest absolute Gasteiger partial charge is 0.496 e. The summed E-state index contributed by atoms with van der Waals surface area (Å²) in [5, 5.41) is 6.67. The Morgan fingerprint density at radius 1 is 1.06 bits per heavy atom. The first-order chi connectivity index (χ1) is 14.7. The topological polar surface area (TPSA) is 71.7 Å². The maximum Gasteiger partial charge on any atom is 0.226 e. The summed E-state index contributed by atoms with van der Waals surface area (Å²) < 4.78 is 11.0. The maximum absolute atomic E-state index is 5.63. The monoisotopic (exact) mass is 534 g/mol. The Bertz CT molecular complexity index is 954. The number of ether oxygens (including phenoxy) is 1. The highest BCUT2D eigenvalue weighted by Gasteiger charge is 2.07. The summed E-state index contributed by atoms with van der Waals surface area (Å²) in [5.41, 5.74) is 4.28. The highest BCUT2D eigenvalue weighted by molar-refractivity contribution is 14.0. The van der Waals surface area contributed by atoms with Crippen molar-refractivity contribution in [1.82, 2.24) is 15.6 Å². The van der Waals surface area contributed by atoms with Crippen LogP contribution in [0.25, 0.3) is 11.5 Å². The van der Waals surface area contributed by atoms with Gasteiger partial charge in [-0.25, -0.2) is 4.98 Å². The van der Waals surface area contributed by atoms with Crippen LogP contribution >= 0.6 is 24.0 Å². The third-order valence-electron chi connectivity index (χ3n) is 4.71. The summed E-state index contributed by atoms with van der Waals surface area (Å²) >= 11 is 0. The lowest BCUT2D eigenvalue weighted by atomic mass is 10.1. The summed E-state index contributed by atoms with van der Waals surface area (Å²) in [4.78, 5) is 9.24. The fourth-order valence-corrected chi connectivity index (χ4v) is 3.10. The van der Waals surface area contributed by atoms with Crippen molar-refractivity contribution in [1.29, 1.82) is 0 Å². The van der Waals surface area contributed by atoms with Gasteiger partial charge in [0.15, 0.2) is 5.96 Å². The highest BCUT2D eigenvalue weighted by Crippen LogP contribution is 2.19. The summed E-state index contributed by atoms with van der Waals surface area (Å²) in [6.07, 6.45) is 3.29. The number of hydrogen-bond donors (Lipinski definition) is 2. The lowest BCUT2D eigenvalue weighted by molar-refractivity contribution is 0.409. The molecule has 2 N–H and O–H groups in total. The predicted molar refractivity (Wildman–Crippen MR) is 136 cm³/mol. The first kappa shape index (κ1) is 24.7. The molecule has 0 aliphatic carbocycles. The Morgan fingerprint density at radius 3 is 2.58 bits per heavy atom. The summed E-state index contributed by atoms with van der Waals surface area (Å²) in [6.45, 7) is 6.33. The minimum Gasteiger partial charge on any atom is -0.496 e. The van der Waals surface area contributed by atoms with Gasteiger partial charge in [-0.2, -0.15) is 0 Å². The fraction of sp³-hybridized carbons (Fsp3) is 0.333. The molecule has 1 aromatic heterocycles. The van der Waals surface area contributed by atoms with Gasteiger partial charge in [-0.3, -0.25) is 4.99 Å². The van der Waals surface area contributed by atoms with Crippen molar-refractivity contribution in [3.05, 3.63) is 71.6 Å². The minimum atomic E-state index is 0. The Hall–Kier alpha value is -2.55. The number of rotatable bonds is 9. The number of methoxy groups -OCH3 is 1. The van der Waals surface area contributed by atoms with E-state index in [1.165, 1.54) is 11.1 Å². The van der Waals surface area contributed by atoms with Crippen LogP contribution in [0.15, 0.2) is 64.2 Å². The molecule has 0 bridgehead atoms. The van der Waals surface area contributed by atoms with Gasteiger partial charge in [-0.1, -0.05) is 35.9 Å². The lowest BCUT2D eigenvalue weighted by Gasteiger charge is -2.12. The van der Waals surface area contributed by atoms with E-state index < -0.39 is 0 Å². The molecule has 6 nitrogen and oxygen atoms in total. The zero-order valence-electron chi connectivity index (χ0n) is 18.4. The molecule has 1 heterocycles. The second kappa shape index (κ2) is 13.0. The number of nitrogens with one attached hydrogen (secondary N) is 2. The summed E-state index contributed by atoms with van der Waals surface area (Å²) in [7, 11) is 1.70. The van der Waals surface area contributed by atoms with E-state index in [9.17, 15) is 0 Å². The number of aryl methyl sites for hydroxylation is 1. The van der Waals surface area contributed by atoms with Crippen molar-refractivity contribution in [3.63, 3.8) is 0 Å². The summed E-state index contributed by atoms with van der Waals surface area (Å²) in [5.74, 6) is 2.36. The number of hydrogen-bond acceptors (Lipinski definition) is 4. The van der Waals surface area contributed by atoms with E-state index in [1.54, 1.807) is 13.4 Å². The fourth-order valence-electron chi connectivity index (χ4n) is 3.10. The molecule has 3 rings (SSSR count). The van der Waals surface area contributed by atoms with Crippen LogP contribution in [0.1, 0.15) is 23.7 Å². The molecule has 0 atom stereocenters. The molecule has 7 heteroatoms. The quantitative estimate of drug-likeness (QED) is 0.238. The molecule has 0 radical (unpaired) electrons. The van der Waals surface area contributed by atoms with E-state index in [-0.39, 0.29) is 24.0 Å². The number of nitrogens with zero attached hydrogens (tertiary/aromatic N) is 2. The first-order valence-corrected chi connectivity index (χ1v) is 10.3. The van der Waals surface area contributed by atoms with Gasteiger partial charge in [-0.15, -0.1) is 24.0 Å². The van der Waals surface area contributed by atoms with Crippen LogP contribution in [0.5, 0.6) is 5.75 Å². The molecule has 2 aromatic carbocycles. The SMILES string of the molecule is CCNC(=NCCc1coc(-c2ccc(C)cc2)n1)NCCc1ccccc1OC.I. The number of benzene rings is 2. The standard InChI is InChI=1S/C24H30N4O2.HI/c1-4-25-24(26-15-13-19-7-5-6-8-22(19)29-3)27-16-14-21-17-30-23(28-21)20-11-9-18(2)10-12-20;/h5-12,17H,4,13-16H2,1-3H3,(H2,25,26,27);1H. The molecular weight excluding hydrogens is 503 g/mol. The van der Waals surface area contributed by atoms with E-state index in [0.717, 1.165) is 48.9 Å². The van der Waals surface area contributed by atoms with E-state index in [1.807, 2.05) is 30.3 Å². The van der Waals surface area contributed by atoms with Crippen LogP contribution in [-0.4, -0.2) is 37.7 Å². The van der Waals surface area contributed by atoms with Gasteiger partial charge in [0.1, 0.15) is 12.0 Å². The van der Waals surface area contributed by atoms with Gasteiger partial charge in [-0.05, 0) is 44.0 Å². The van der Waals surface area contributed by atoms with E-state index in [4.69, 9.17) is 9.15 Å². The Labute approximate surface area is 201 Å². The molecule has 3 aromatic rings. The van der Waals surface area contributed by atoms with Gasteiger partial charge in [0.2, 0.25) is 5.89 Å². The molecule has 0 spiro atoms. The average Bonchev–Trinajstić information content (AvgIpc) is 3.23. The summed E-state index contributed by atoms with van der Waals surface area (Å²) in [6, 6.07) is 16.2. The number of guanidine groups is 1. The lowest BCUT2D eigenvalue weighted by Crippen LogP contribution is -2.38. The number of para-hydroxylation sites is 1. The van der Waals surface area contributed by atoms with Crippen LogP contribution in [-0.2, 0) is 12.8 Å². The maximum atomic E-state index is 5.63. The van der Waals surface area contributed by atoms with Crippen molar-refractivity contribution in [3.8, 4) is 17.2 Å². The third-order valence-corrected chi connectivity index (χ3v) is 4.71. The van der Waals surface area contributed by atoms with Crippen molar-refractivity contribution < 1.29 is 9.15 Å². The molecule has 0 amide bonds. The molecule has 0 saturated heterocycles. The molecule has 0 fully saturated rings. The van der Waals surface area contributed by atoms with Crippen molar-refractivity contribution in [2.75, 3.05) is 26.7 Å². The van der Waals surface area contributed by atoms with Gasteiger partial charge in [0.05, 0.1) is 12.8 Å². The van der Waals surface area contributed by atoms with Crippen LogP contribution in [0.4, 0.5) is 0 Å². The van der Waals surface area contributed by atoms with Gasteiger partial charge in [0.25, 0.3) is 0 Å². The molecule has 0 unspecified atom stereocenters. The average molecular weight is 534 g/mol. The highest BCUT2D eigenvalue weighted by atomic mass is 127. The smallest absolute Gasteiger partial charge is 0.226 e. The zero-order chi connectivity index (χ0) is 21.2. The number of aromatic nitrogens is 1. The van der Waals surface area contributed by atoms with Gasteiger partial charge in [0, 0.05) is 31.6 Å². The first-order valence-electron chi connectivity index (χ1n) is 10.3.